The molecule has 0 aliphatic heterocycles. The molecule has 0 unspecified atom stereocenters. The lowest BCUT2D eigenvalue weighted by Crippen LogP contribution is -2.51. The van der Waals surface area contributed by atoms with Gasteiger partial charge in [0.1, 0.15) is 18.2 Å². The normalized spacial score (nSPS) is 20.1. The average Bonchev–Trinajstić information content (AvgIpc) is 3.08. The minimum atomic E-state index is -2.87. The molecule has 0 spiro atoms. The Morgan fingerprint density at radius 2 is 1.65 bits per heavy atom. The van der Waals surface area contributed by atoms with Crippen molar-refractivity contribution in [2.24, 2.45) is 5.92 Å². The van der Waals surface area contributed by atoms with E-state index in [1.54, 1.807) is 20.8 Å². The molecule has 2 aromatic rings. The van der Waals surface area contributed by atoms with Gasteiger partial charge in [-0.2, -0.15) is 0 Å². The molecule has 0 aromatic heterocycles. The first-order chi connectivity index (χ1) is 16.0. The zero-order valence-corrected chi connectivity index (χ0v) is 19.8. The summed E-state index contributed by atoms with van der Waals surface area (Å²) in [7, 11) is 0. The van der Waals surface area contributed by atoms with Crippen molar-refractivity contribution in [2.75, 3.05) is 6.61 Å². The molecule has 2 aliphatic carbocycles. The van der Waals surface area contributed by atoms with Crippen LogP contribution in [0.25, 0.3) is 11.1 Å². The van der Waals surface area contributed by atoms with Gasteiger partial charge in [-0.25, -0.2) is 18.4 Å². The Balaban J connectivity index is 1.47. The number of amides is 1. The summed E-state index contributed by atoms with van der Waals surface area (Å²) in [5.41, 5.74) is 3.51. The highest BCUT2D eigenvalue weighted by molar-refractivity contribution is 5.82. The van der Waals surface area contributed by atoms with Crippen LogP contribution in [0.3, 0.4) is 0 Å². The summed E-state index contributed by atoms with van der Waals surface area (Å²) in [4.78, 5) is 25.6. The maximum Gasteiger partial charge on any atom is 0.407 e. The molecule has 5 nitrogen and oxygen atoms in total. The third-order valence-corrected chi connectivity index (χ3v) is 6.43. The van der Waals surface area contributed by atoms with E-state index in [2.05, 4.69) is 5.32 Å². The lowest BCUT2D eigenvalue weighted by Gasteiger charge is -2.34. The van der Waals surface area contributed by atoms with Gasteiger partial charge in [0.2, 0.25) is 5.92 Å². The third kappa shape index (κ3) is 5.40. The first-order valence-electron chi connectivity index (χ1n) is 11.8. The number of hydrogen-bond acceptors (Lipinski definition) is 4. The molecule has 1 amide bonds. The molecule has 2 aromatic carbocycles. The number of carbonyl (C=O) groups excluding carboxylic acids is 2. The zero-order valence-electron chi connectivity index (χ0n) is 19.8. The number of esters is 1. The molecule has 0 radical (unpaired) electrons. The van der Waals surface area contributed by atoms with Crippen LogP contribution >= 0.6 is 0 Å². The van der Waals surface area contributed by atoms with E-state index in [4.69, 9.17) is 9.47 Å². The highest BCUT2D eigenvalue weighted by Gasteiger charge is 2.43. The van der Waals surface area contributed by atoms with Crippen LogP contribution in [0, 0.1) is 5.92 Å². The number of rotatable bonds is 5. The van der Waals surface area contributed by atoms with E-state index in [0.717, 1.165) is 22.3 Å². The Morgan fingerprint density at radius 3 is 2.21 bits per heavy atom. The largest absolute Gasteiger partial charge is 0.458 e. The SMILES string of the molecule is CC(C)(C)OC(=O)[C@@H](NC(=O)OCC1c2ccccc2-c2ccccc21)[C@H]1CCCC(F)(F)C1. The first-order valence-corrected chi connectivity index (χ1v) is 11.8. The predicted octanol–water partition coefficient (Wildman–Crippen LogP) is 6.06. The molecular formula is C27H31F2NO4. The van der Waals surface area contributed by atoms with Gasteiger partial charge in [0.15, 0.2) is 0 Å². The molecule has 34 heavy (non-hydrogen) atoms. The van der Waals surface area contributed by atoms with Gasteiger partial charge in [-0.1, -0.05) is 48.5 Å². The maximum atomic E-state index is 14.1. The van der Waals surface area contributed by atoms with Gasteiger partial charge in [-0.15, -0.1) is 0 Å². The topological polar surface area (TPSA) is 64.6 Å². The number of carbonyl (C=O) groups is 2. The Morgan fingerprint density at radius 1 is 1.06 bits per heavy atom. The Hall–Kier alpha value is -2.96. The van der Waals surface area contributed by atoms with Crippen molar-refractivity contribution in [1.82, 2.24) is 5.32 Å². The van der Waals surface area contributed by atoms with Crippen LogP contribution in [0.1, 0.15) is 63.5 Å². The van der Waals surface area contributed by atoms with E-state index in [9.17, 15) is 18.4 Å². The average molecular weight is 472 g/mol. The number of ether oxygens (including phenoxy) is 2. The number of nitrogens with one attached hydrogen (secondary N) is 1. The van der Waals surface area contributed by atoms with Crippen LogP contribution in [0.2, 0.25) is 0 Å². The van der Waals surface area contributed by atoms with Gasteiger partial charge in [0.25, 0.3) is 0 Å². The molecule has 0 saturated heterocycles. The summed E-state index contributed by atoms with van der Waals surface area (Å²) in [5.74, 6) is -4.45. The van der Waals surface area contributed by atoms with Gasteiger partial charge in [0, 0.05) is 18.8 Å². The van der Waals surface area contributed by atoms with Crippen LogP contribution in [0.5, 0.6) is 0 Å². The van der Waals surface area contributed by atoms with E-state index >= 15 is 0 Å². The Bertz CT molecular complexity index is 1020. The number of benzene rings is 2. The molecule has 2 atom stereocenters. The number of hydrogen-bond donors (Lipinski definition) is 1. The second-order valence-corrected chi connectivity index (χ2v) is 10.2. The minimum absolute atomic E-state index is 0.0712. The highest BCUT2D eigenvalue weighted by atomic mass is 19.3. The van der Waals surface area contributed by atoms with Gasteiger partial charge >= 0.3 is 12.1 Å². The van der Waals surface area contributed by atoms with Crippen LogP contribution in [-0.4, -0.2) is 36.2 Å². The molecule has 2 aliphatic rings. The van der Waals surface area contributed by atoms with Crippen LogP contribution in [0.15, 0.2) is 48.5 Å². The molecular weight excluding hydrogens is 440 g/mol. The molecule has 0 bridgehead atoms. The van der Waals surface area contributed by atoms with Crippen molar-refractivity contribution in [3.8, 4) is 11.1 Å². The standard InChI is InChI=1S/C27H31F2NO4/c1-26(2,3)34-24(31)23(17-9-8-14-27(28,29)15-17)30-25(32)33-16-22-20-12-6-4-10-18(20)19-11-5-7-13-21(19)22/h4-7,10-13,17,22-23H,8-9,14-16H2,1-3H3,(H,30,32)/t17-,23-/m0/s1. The molecule has 7 heteroatoms. The fourth-order valence-electron chi connectivity index (χ4n) is 5.00. The van der Waals surface area contributed by atoms with Crippen molar-refractivity contribution in [1.29, 1.82) is 0 Å². The Kier molecular flexibility index (Phi) is 6.65. The lowest BCUT2D eigenvalue weighted by atomic mass is 9.81. The van der Waals surface area contributed by atoms with Gasteiger partial charge in [-0.3, -0.25) is 0 Å². The van der Waals surface area contributed by atoms with E-state index in [1.807, 2.05) is 48.5 Å². The Labute approximate surface area is 198 Å². The van der Waals surface area contributed by atoms with Crippen LogP contribution < -0.4 is 5.32 Å². The van der Waals surface area contributed by atoms with Gasteiger partial charge in [0.05, 0.1) is 0 Å². The number of alkyl halides is 2. The molecule has 182 valence electrons. The van der Waals surface area contributed by atoms with Crippen molar-refractivity contribution >= 4 is 12.1 Å². The molecule has 0 heterocycles. The smallest absolute Gasteiger partial charge is 0.407 e. The predicted molar refractivity (Wildman–Crippen MR) is 125 cm³/mol. The van der Waals surface area contributed by atoms with Crippen LogP contribution in [0.4, 0.5) is 13.6 Å². The molecule has 4 rings (SSSR count). The summed E-state index contributed by atoms with van der Waals surface area (Å²) in [5, 5.41) is 2.55. The van der Waals surface area contributed by atoms with Gasteiger partial charge in [-0.05, 0) is 61.8 Å². The maximum absolute atomic E-state index is 14.1. The van der Waals surface area contributed by atoms with E-state index in [0.29, 0.717) is 6.42 Å². The fraction of sp³-hybridized carbons (Fsp3) is 0.481. The highest BCUT2D eigenvalue weighted by Crippen LogP contribution is 2.44. The van der Waals surface area contributed by atoms with E-state index < -0.39 is 42.0 Å². The van der Waals surface area contributed by atoms with E-state index in [-0.39, 0.29) is 25.4 Å². The fourth-order valence-corrected chi connectivity index (χ4v) is 5.00. The van der Waals surface area contributed by atoms with E-state index in [1.165, 1.54) is 0 Å². The molecule has 1 N–H and O–H groups in total. The monoisotopic (exact) mass is 471 g/mol. The van der Waals surface area contributed by atoms with Crippen molar-refractivity contribution in [3.05, 3.63) is 59.7 Å². The van der Waals surface area contributed by atoms with Crippen molar-refractivity contribution in [2.45, 2.75) is 69.9 Å². The summed E-state index contributed by atoms with van der Waals surface area (Å²) in [6, 6.07) is 14.7. The van der Waals surface area contributed by atoms with Crippen LogP contribution in [-0.2, 0) is 14.3 Å². The summed E-state index contributed by atoms with van der Waals surface area (Å²) in [6.45, 7) is 5.17. The molecule has 1 saturated carbocycles. The number of alkyl carbamates (subject to hydrolysis) is 1. The molecule has 1 fully saturated rings. The summed E-state index contributed by atoms with van der Waals surface area (Å²) in [6.07, 6.45) is -0.811. The second kappa shape index (κ2) is 9.35. The van der Waals surface area contributed by atoms with Crippen molar-refractivity contribution in [3.63, 3.8) is 0 Å². The zero-order chi connectivity index (χ0) is 24.5. The van der Waals surface area contributed by atoms with Gasteiger partial charge < -0.3 is 14.8 Å². The first kappa shape index (κ1) is 24.2. The lowest BCUT2D eigenvalue weighted by molar-refractivity contribution is -0.160. The van der Waals surface area contributed by atoms with Crippen molar-refractivity contribution < 1.29 is 27.8 Å². The number of halogens is 2. The summed E-state index contributed by atoms with van der Waals surface area (Å²) < 4.78 is 39.2. The summed E-state index contributed by atoms with van der Waals surface area (Å²) >= 11 is 0. The number of fused-ring (bicyclic) bond motifs is 3. The quantitative estimate of drug-likeness (QED) is 0.539. The third-order valence-electron chi connectivity index (χ3n) is 6.43. The minimum Gasteiger partial charge on any atom is -0.458 e. The second-order valence-electron chi connectivity index (χ2n) is 10.2.